The fourth-order valence-corrected chi connectivity index (χ4v) is 2.94. The summed E-state index contributed by atoms with van der Waals surface area (Å²) in [5.74, 6) is 0.861. The lowest BCUT2D eigenvalue weighted by Crippen LogP contribution is -2.14. The van der Waals surface area contributed by atoms with Gasteiger partial charge in [0.05, 0.1) is 0 Å². The maximum absolute atomic E-state index is 11.6. The lowest BCUT2D eigenvalue weighted by atomic mass is 10.2. The molecule has 0 aliphatic carbocycles. The highest BCUT2D eigenvalue weighted by Gasteiger charge is 2.22. The van der Waals surface area contributed by atoms with E-state index >= 15 is 0 Å². The standard InChI is InChI=1S/C13H17ClN4O2S/c1-10(2)9-18-12(16-17-13(18)21(14,19)20)7-6-11-5-3-4-8-15-11/h3-5,8,10H,6-7,9H2,1-2H3. The molecule has 0 unspecified atom stereocenters. The minimum Gasteiger partial charge on any atom is -0.301 e. The molecule has 0 atom stereocenters. The first-order chi connectivity index (χ1) is 9.88. The Morgan fingerprint density at radius 2 is 2.00 bits per heavy atom. The summed E-state index contributed by atoms with van der Waals surface area (Å²) in [6.07, 6.45) is 2.95. The van der Waals surface area contributed by atoms with Crippen LogP contribution in [0.25, 0.3) is 0 Å². The third-order valence-electron chi connectivity index (χ3n) is 2.89. The Morgan fingerprint density at radius 3 is 2.57 bits per heavy atom. The average Bonchev–Trinajstić information content (AvgIpc) is 2.79. The summed E-state index contributed by atoms with van der Waals surface area (Å²) >= 11 is 0. The van der Waals surface area contributed by atoms with E-state index in [-0.39, 0.29) is 11.1 Å². The molecule has 0 amide bonds. The Hall–Kier alpha value is -1.47. The summed E-state index contributed by atoms with van der Waals surface area (Å²) in [5.41, 5.74) is 0.923. The van der Waals surface area contributed by atoms with Crippen molar-refractivity contribution >= 4 is 19.7 Å². The third-order valence-corrected chi connectivity index (χ3v) is 4.04. The number of aryl methyl sites for hydroxylation is 2. The van der Waals surface area contributed by atoms with E-state index in [0.717, 1.165) is 5.69 Å². The van der Waals surface area contributed by atoms with Gasteiger partial charge in [-0.3, -0.25) is 4.98 Å². The largest absolute Gasteiger partial charge is 0.301 e. The Kier molecular flexibility index (Phi) is 4.95. The third kappa shape index (κ3) is 4.25. The van der Waals surface area contributed by atoms with Gasteiger partial charge in [0.15, 0.2) is 0 Å². The van der Waals surface area contributed by atoms with Gasteiger partial charge >= 0.3 is 0 Å². The molecule has 0 N–H and O–H groups in total. The van der Waals surface area contributed by atoms with Crippen LogP contribution < -0.4 is 0 Å². The molecule has 2 heterocycles. The van der Waals surface area contributed by atoms with E-state index in [1.54, 1.807) is 10.8 Å². The topological polar surface area (TPSA) is 77.7 Å². The molecule has 0 aliphatic heterocycles. The summed E-state index contributed by atoms with van der Waals surface area (Å²) in [5, 5.41) is 7.51. The van der Waals surface area contributed by atoms with E-state index in [2.05, 4.69) is 15.2 Å². The number of pyridine rings is 1. The first kappa shape index (κ1) is 15.9. The van der Waals surface area contributed by atoms with Crippen molar-refractivity contribution in [3.63, 3.8) is 0 Å². The fourth-order valence-electron chi connectivity index (χ4n) is 2.02. The van der Waals surface area contributed by atoms with Gasteiger partial charge < -0.3 is 4.57 Å². The predicted octanol–water partition coefficient (Wildman–Crippen LogP) is 2.04. The fraction of sp³-hybridized carbons (Fsp3) is 0.462. The summed E-state index contributed by atoms with van der Waals surface area (Å²) in [6.45, 7) is 4.49. The molecular weight excluding hydrogens is 312 g/mol. The molecule has 114 valence electrons. The van der Waals surface area contributed by atoms with E-state index in [1.807, 2.05) is 32.0 Å². The normalized spacial score (nSPS) is 12.0. The van der Waals surface area contributed by atoms with Gasteiger partial charge in [0, 0.05) is 35.5 Å². The van der Waals surface area contributed by atoms with E-state index in [9.17, 15) is 8.42 Å². The van der Waals surface area contributed by atoms with E-state index in [0.29, 0.717) is 25.2 Å². The molecular formula is C13H17ClN4O2S. The van der Waals surface area contributed by atoms with Crippen LogP contribution in [0.4, 0.5) is 0 Å². The number of nitrogens with zero attached hydrogens (tertiary/aromatic N) is 4. The summed E-state index contributed by atoms with van der Waals surface area (Å²) < 4.78 is 24.7. The maximum atomic E-state index is 11.6. The van der Waals surface area contributed by atoms with Crippen LogP contribution >= 0.6 is 10.7 Å². The van der Waals surface area contributed by atoms with Crippen molar-refractivity contribution in [1.29, 1.82) is 0 Å². The summed E-state index contributed by atoms with van der Waals surface area (Å²) in [4.78, 5) is 4.24. The molecule has 0 aromatic carbocycles. The van der Waals surface area contributed by atoms with Crippen LogP contribution in [0.1, 0.15) is 25.4 Å². The van der Waals surface area contributed by atoms with E-state index < -0.39 is 9.05 Å². The van der Waals surface area contributed by atoms with Gasteiger partial charge in [-0.25, -0.2) is 8.42 Å². The molecule has 0 radical (unpaired) electrons. The van der Waals surface area contributed by atoms with Crippen LogP contribution in [0.5, 0.6) is 0 Å². The smallest absolute Gasteiger partial charge is 0.296 e. The van der Waals surface area contributed by atoms with Crippen molar-refractivity contribution in [3.8, 4) is 0 Å². The van der Waals surface area contributed by atoms with Crippen LogP contribution in [0.15, 0.2) is 29.6 Å². The molecule has 0 spiro atoms. The van der Waals surface area contributed by atoms with Gasteiger partial charge in [0.25, 0.3) is 14.2 Å². The highest BCUT2D eigenvalue weighted by molar-refractivity contribution is 8.13. The Balaban J connectivity index is 2.25. The SMILES string of the molecule is CC(C)Cn1c(CCc2ccccn2)nnc1S(=O)(=O)Cl. The van der Waals surface area contributed by atoms with Gasteiger partial charge in [-0.05, 0) is 24.5 Å². The van der Waals surface area contributed by atoms with Gasteiger partial charge in [0.2, 0.25) is 0 Å². The zero-order valence-electron chi connectivity index (χ0n) is 11.9. The lowest BCUT2D eigenvalue weighted by molar-refractivity contribution is 0.471. The quantitative estimate of drug-likeness (QED) is 0.758. The Labute approximate surface area is 128 Å². The maximum Gasteiger partial charge on any atom is 0.296 e. The van der Waals surface area contributed by atoms with Crippen molar-refractivity contribution in [2.45, 2.75) is 38.4 Å². The van der Waals surface area contributed by atoms with Gasteiger partial charge in [0.1, 0.15) is 5.82 Å². The van der Waals surface area contributed by atoms with E-state index in [4.69, 9.17) is 10.7 Å². The number of halogens is 1. The number of hydrogen-bond acceptors (Lipinski definition) is 5. The molecule has 0 fully saturated rings. The van der Waals surface area contributed by atoms with Crippen LogP contribution in [-0.2, 0) is 28.4 Å². The molecule has 2 aromatic heterocycles. The second-order valence-electron chi connectivity index (χ2n) is 5.16. The van der Waals surface area contributed by atoms with Gasteiger partial charge in [-0.1, -0.05) is 19.9 Å². The first-order valence-electron chi connectivity index (χ1n) is 6.64. The Morgan fingerprint density at radius 1 is 1.24 bits per heavy atom. The monoisotopic (exact) mass is 328 g/mol. The van der Waals surface area contributed by atoms with Crippen molar-refractivity contribution in [2.24, 2.45) is 5.92 Å². The van der Waals surface area contributed by atoms with Crippen LogP contribution in [-0.4, -0.2) is 28.2 Å². The second kappa shape index (κ2) is 6.53. The number of rotatable bonds is 6. The Bertz CT molecular complexity index is 698. The lowest BCUT2D eigenvalue weighted by Gasteiger charge is -2.11. The van der Waals surface area contributed by atoms with Crippen molar-refractivity contribution < 1.29 is 8.42 Å². The highest BCUT2D eigenvalue weighted by atomic mass is 35.7. The molecule has 6 nitrogen and oxygen atoms in total. The predicted molar refractivity (Wildman–Crippen MR) is 79.5 cm³/mol. The van der Waals surface area contributed by atoms with Crippen molar-refractivity contribution in [2.75, 3.05) is 0 Å². The average molecular weight is 329 g/mol. The zero-order valence-corrected chi connectivity index (χ0v) is 13.5. The summed E-state index contributed by atoms with van der Waals surface area (Å²) in [6, 6.07) is 5.68. The van der Waals surface area contributed by atoms with Crippen molar-refractivity contribution in [3.05, 3.63) is 35.9 Å². The molecule has 0 saturated carbocycles. The minimum absolute atomic E-state index is 0.186. The minimum atomic E-state index is -3.90. The van der Waals surface area contributed by atoms with Crippen LogP contribution in [0.2, 0.25) is 0 Å². The molecule has 0 aliphatic rings. The summed E-state index contributed by atoms with van der Waals surface area (Å²) in [7, 11) is 1.52. The second-order valence-corrected chi connectivity index (χ2v) is 7.62. The van der Waals surface area contributed by atoms with Gasteiger partial charge in [-0.2, -0.15) is 0 Å². The molecule has 21 heavy (non-hydrogen) atoms. The molecule has 0 bridgehead atoms. The number of hydrogen-bond donors (Lipinski definition) is 0. The molecule has 8 heteroatoms. The van der Waals surface area contributed by atoms with Crippen molar-refractivity contribution in [1.82, 2.24) is 19.7 Å². The molecule has 2 rings (SSSR count). The van der Waals surface area contributed by atoms with Crippen LogP contribution in [0.3, 0.4) is 0 Å². The molecule has 2 aromatic rings. The van der Waals surface area contributed by atoms with E-state index in [1.165, 1.54) is 0 Å². The van der Waals surface area contributed by atoms with Crippen LogP contribution in [0, 0.1) is 5.92 Å². The van der Waals surface area contributed by atoms with Gasteiger partial charge in [-0.15, -0.1) is 10.2 Å². The highest BCUT2D eigenvalue weighted by Crippen LogP contribution is 2.17. The molecule has 0 saturated heterocycles. The number of aromatic nitrogens is 4. The first-order valence-corrected chi connectivity index (χ1v) is 8.95. The zero-order chi connectivity index (χ0) is 15.5.